The number of aliphatic hydroxyl groups is 1. The minimum Gasteiger partial charge on any atom is -0.459 e. The summed E-state index contributed by atoms with van der Waals surface area (Å²) in [5.74, 6) is 0.771. The Kier molecular flexibility index (Phi) is 2.65. The lowest BCUT2D eigenvalue weighted by Gasteiger charge is -2.60. The van der Waals surface area contributed by atoms with Crippen LogP contribution < -0.4 is 0 Å². The fourth-order valence-corrected chi connectivity index (χ4v) is 5.54. The lowest BCUT2D eigenvalue weighted by atomic mass is 9.45. The van der Waals surface area contributed by atoms with Crippen LogP contribution in [0.1, 0.15) is 59.8 Å². The van der Waals surface area contributed by atoms with Gasteiger partial charge in [-0.2, -0.15) is 0 Å². The molecule has 0 radical (unpaired) electrons. The molecule has 2 saturated carbocycles. The molecule has 1 saturated heterocycles. The van der Waals surface area contributed by atoms with Crippen molar-refractivity contribution in [3.05, 3.63) is 0 Å². The van der Waals surface area contributed by atoms with Crippen molar-refractivity contribution in [1.82, 2.24) is 0 Å². The second-order valence-corrected chi connectivity index (χ2v) is 8.02. The van der Waals surface area contributed by atoms with E-state index in [4.69, 9.17) is 4.74 Å². The standard InChI is InChI=1S/C16H26O3/c1-14(2)10-5-8-16(4)11(9-13(18)19-16)15(10,3)7-6-12(14)17/h10-12,17H,5-9H2,1-4H3/t10?,11-,12?,15+,16-/m1/s1. The average molecular weight is 266 g/mol. The van der Waals surface area contributed by atoms with Crippen LogP contribution in [0.2, 0.25) is 0 Å². The maximum atomic E-state index is 11.8. The molecule has 2 unspecified atom stereocenters. The Balaban J connectivity index is 2.00. The van der Waals surface area contributed by atoms with Gasteiger partial charge in [0.25, 0.3) is 0 Å². The lowest BCUT2D eigenvalue weighted by molar-refractivity contribution is -0.183. The number of carbonyl (C=O) groups is 1. The fourth-order valence-electron chi connectivity index (χ4n) is 5.54. The van der Waals surface area contributed by atoms with Gasteiger partial charge in [0.15, 0.2) is 0 Å². The number of rotatable bonds is 0. The van der Waals surface area contributed by atoms with Crippen LogP contribution in [0.3, 0.4) is 0 Å². The van der Waals surface area contributed by atoms with Gasteiger partial charge in [0, 0.05) is 5.92 Å². The van der Waals surface area contributed by atoms with Crippen molar-refractivity contribution in [2.45, 2.75) is 71.5 Å². The molecule has 0 spiro atoms. The molecule has 5 atom stereocenters. The van der Waals surface area contributed by atoms with E-state index in [1.54, 1.807) is 0 Å². The molecule has 3 heteroatoms. The Morgan fingerprint density at radius 2 is 1.79 bits per heavy atom. The van der Waals surface area contributed by atoms with Gasteiger partial charge in [-0.3, -0.25) is 4.79 Å². The smallest absolute Gasteiger partial charge is 0.306 e. The van der Waals surface area contributed by atoms with Crippen molar-refractivity contribution in [3.63, 3.8) is 0 Å². The van der Waals surface area contributed by atoms with Gasteiger partial charge in [-0.1, -0.05) is 20.8 Å². The van der Waals surface area contributed by atoms with E-state index in [1.807, 2.05) is 0 Å². The summed E-state index contributed by atoms with van der Waals surface area (Å²) in [5.41, 5.74) is -0.192. The predicted octanol–water partition coefficient (Wildman–Crippen LogP) is 2.91. The first-order chi connectivity index (χ1) is 8.70. The summed E-state index contributed by atoms with van der Waals surface area (Å²) < 4.78 is 5.66. The van der Waals surface area contributed by atoms with Gasteiger partial charge in [-0.05, 0) is 49.4 Å². The summed E-state index contributed by atoms with van der Waals surface area (Å²) in [6.07, 6.45) is 4.21. The first-order valence-electron chi connectivity index (χ1n) is 7.60. The van der Waals surface area contributed by atoms with Crippen LogP contribution in [0.5, 0.6) is 0 Å². The van der Waals surface area contributed by atoms with Crippen molar-refractivity contribution in [3.8, 4) is 0 Å². The first kappa shape index (κ1) is 13.4. The van der Waals surface area contributed by atoms with Crippen molar-refractivity contribution in [1.29, 1.82) is 0 Å². The fraction of sp³-hybridized carbons (Fsp3) is 0.938. The van der Waals surface area contributed by atoms with Crippen LogP contribution >= 0.6 is 0 Å². The molecule has 1 heterocycles. The molecular formula is C16H26O3. The van der Waals surface area contributed by atoms with Gasteiger partial charge in [0.2, 0.25) is 0 Å². The van der Waals surface area contributed by atoms with Crippen LogP contribution in [0.25, 0.3) is 0 Å². The summed E-state index contributed by atoms with van der Waals surface area (Å²) in [6, 6.07) is 0. The van der Waals surface area contributed by atoms with E-state index < -0.39 is 0 Å². The average Bonchev–Trinajstić information content (AvgIpc) is 2.61. The number of hydrogen-bond donors (Lipinski definition) is 1. The zero-order valence-corrected chi connectivity index (χ0v) is 12.5. The molecule has 0 amide bonds. The number of fused-ring (bicyclic) bond motifs is 3. The quantitative estimate of drug-likeness (QED) is 0.686. The number of hydrogen-bond acceptors (Lipinski definition) is 3. The number of carbonyl (C=O) groups excluding carboxylic acids is 1. The van der Waals surface area contributed by atoms with Gasteiger partial charge >= 0.3 is 5.97 Å². The summed E-state index contributed by atoms with van der Waals surface area (Å²) in [4.78, 5) is 11.8. The molecule has 0 aromatic rings. The third kappa shape index (κ3) is 1.63. The normalized spacial score (nSPS) is 52.3. The number of esters is 1. The van der Waals surface area contributed by atoms with Crippen molar-refractivity contribution < 1.29 is 14.6 Å². The molecule has 3 aliphatic rings. The monoisotopic (exact) mass is 266 g/mol. The SMILES string of the molecule is CC1(C)C(O)CC[C@@]2(C)C1CC[C@@]1(C)OC(=O)C[C@@H]12. The molecule has 0 aromatic heterocycles. The van der Waals surface area contributed by atoms with E-state index in [-0.39, 0.29) is 28.5 Å². The largest absolute Gasteiger partial charge is 0.459 e. The highest BCUT2D eigenvalue weighted by molar-refractivity contribution is 5.73. The molecule has 3 rings (SSSR count). The zero-order valence-electron chi connectivity index (χ0n) is 12.5. The molecule has 1 aliphatic heterocycles. The zero-order chi connectivity index (χ0) is 14.1. The third-order valence-corrected chi connectivity index (χ3v) is 6.69. The predicted molar refractivity (Wildman–Crippen MR) is 72.5 cm³/mol. The Morgan fingerprint density at radius 3 is 2.47 bits per heavy atom. The molecule has 3 fully saturated rings. The highest BCUT2D eigenvalue weighted by Gasteiger charge is 2.64. The third-order valence-electron chi connectivity index (χ3n) is 6.69. The topological polar surface area (TPSA) is 46.5 Å². The van der Waals surface area contributed by atoms with Crippen LogP contribution in [-0.4, -0.2) is 22.8 Å². The first-order valence-corrected chi connectivity index (χ1v) is 7.60. The maximum Gasteiger partial charge on any atom is 0.306 e. The molecule has 2 aliphatic carbocycles. The Bertz CT molecular complexity index is 416. The minimum atomic E-state index is -0.263. The van der Waals surface area contributed by atoms with Crippen LogP contribution in [0.15, 0.2) is 0 Å². The molecule has 108 valence electrons. The number of ether oxygens (including phenoxy) is 1. The van der Waals surface area contributed by atoms with E-state index in [0.717, 1.165) is 25.7 Å². The summed E-state index contributed by atoms with van der Waals surface area (Å²) >= 11 is 0. The second-order valence-electron chi connectivity index (χ2n) is 8.02. The molecule has 19 heavy (non-hydrogen) atoms. The van der Waals surface area contributed by atoms with E-state index in [0.29, 0.717) is 18.3 Å². The van der Waals surface area contributed by atoms with Crippen LogP contribution in [0.4, 0.5) is 0 Å². The second kappa shape index (κ2) is 3.75. The summed E-state index contributed by atoms with van der Waals surface area (Å²) in [6.45, 7) is 8.83. The van der Waals surface area contributed by atoms with Gasteiger partial charge in [0.05, 0.1) is 12.5 Å². The minimum absolute atomic E-state index is 0.0293. The van der Waals surface area contributed by atoms with E-state index in [9.17, 15) is 9.90 Å². The van der Waals surface area contributed by atoms with Gasteiger partial charge < -0.3 is 9.84 Å². The molecule has 3 nitrogen and oxygen atoms in total. The van der Waals surface area contributed by atoms with E-state index >= 15 is 0 Å². The van der Waals surface area contributed by atoms with Crippen molar-refractivity contribution in [2.75, 3.05) is 0 Å². The maximum absolute atomic E-state index is 11.8. The highest BCUT2D eigenvalue weighted by Crippen LogP contribution is 2.64. The summed E-state index contributed by atoms with van der Waals surface area (Å²) in [7, 11) is 0. The molecule has 0 aromatic carbocycles. The number of aliphatic hydroxyl groups excluding tert-OH is 1. The van der Waals surface area contributed by atoms with E-state index in [1.165, 1.54) is 0 Å². The molecule has 0 bridgehead atoms. The van der Waals surface area contributed by atoms with Crippen molar-refractivity contribution in [2.24, 2.45) is 22.7 Å². The van der Waals surface area contributed by atoms with Crippen molar-refractivity contribution >= 4 is 5.97 Å². The Hall–Kier alpha value is -0.570. The summed E-state index contributed by atoms with van der Waals surface area (Å²) in [5, 5.41) is 10.3. The van der Waals surface area contributed by atoms with Gasteiger partial charge in [-0.25, -0.2) is 0 Å². The van der Waals surface area contributed by atoms with Crippen LogP contribution in [0, 0.1) is 22.7 Å². The molecular weight excluding hydrogens is 240 g/mol. The van der Waals surface area contributed by atoms with Gasteiger partial charge in [-0.15, -0.1) is 0 Å². The van der Waals surface area contributed by atoms with Crippen LogP contribution in [-0.2, 0) is 9.53 Å². The van der Waals surface area contributed by atoms with E-state index in [2.05, 4.69) is 27.7 Å². The lowest BCUT2D eigenvalue weighted by Crippen LogP contribution is -2.59. The molecule has 1 N–H and O–H groups in total. The highest BCUT2D eigenvalue weighted by atomic mass is 16.6. The Labute approximate surface area is 115 Å². The Morgan fingerprint density at radius 1 is 1.11 bits per heavy atom. The van der Waals surface area contributed by atoms with Gasteiger partial charge in [0.1, 0.15) is 5.60 Å².